The molecule has 1 fully saturated rings. The topological polar surface area (TPSA) is 38.7 Å². The lowest BCUT2D eigenvalue weighted by atomic mass is 9.96. The number of likely N-dealkylation sites (N-methyl/N-ethyl adjacent to an activating group) is 2. The van der Waals surface area contributed by atoms with Crippen LogP contribution in [0.1, 0.15) is 46.0 Å². The van der Waals surface area contributed by atoms with Gasteiger partial charge in [0.2, 0.25) is 0 Å². The lowest BCUT2D eigenvalue weighted by molar-refractivity contribution is 0.122. The number of aliphatic hydroxyl groups excluding tert-OH is 1. The minimum Gasteiger partial charge on any atom is -0.394 e. The lowest BCUT2D eigenvalue weighted by Crippen LogP contribution is -2.48. The van der Waals surface area contributed by atoms with Crippen molar-refractivity contribution in [3.63, 3.8) is 0 Å². The van der Waals surface area contributed by atoms with Gasteiger partial charge in [-0.05, 0) is 72.8 Å². The Kier molecular flexibility index (Phi) is 8.03. The number of aliphatic hydroxyl groups is 1. The van der Waals surface area contributed by atoms with Crippen LogP contribution >= 0.6 is 0 Å². The van der Waals surface area contributed by atoms with Crippen LogP contribution < -0.4 is 5.32 Å². The molecular formula is C16H35N3O. The monoisotopic (exact) mass is 285 g/mol. The quantitative estimate of drug-likeness (QED) is 0.674. The van der Waals surface area contributed by atoms with Crippen LogP contribution in [-0.4, -0.2) is 73.4 Å². The molecule has 2 N–H and O–H groups in total. The first-order valence-corrected chi connectivity index (χ1v) is 8.25. The van der Waals surface area contributed by atoms with E-state index in [1.165, 1.54) is 25.9 Å². The summed E-state index contributed by atoms with van der Waals surface area (Å²) in [6.45, 7) is 9.08. The predicted octanol–water partition coefficient (Wildman–Crippen LogP) is 1.54. The summed E-state index contributed by atoms with van der Waals surface area (Å²) in [5.41, 5.74) is -0.111. The molecule has 0 spiro atoms. The van der Waals surface area contributed by atoms with Crippen LogP contribution in [0.3, 0.4) is 0 Å². The lowest BCUT2D eigenvalue weighted by Gasteiger charge is -2.36. The Bertz CT molecular complexity index is 262. The Labute approximate surface area is 125 Å². The number of likely N-dealkylation sites (tertiary alicyclic amines) is 1. The van der Waals surface area contributed by atoms with Gasteiger partial charge in [-0.2, -0.15) is 0 Å². The first kappa shape index (κ1) is 17.9. The van der Waals surface area contributed by atoms with E-state index >= 15 is 0 Å². The fourth-order valence-electron chi connectivity index (χ4n) is 3.05. The van der Waals surface area contributed by atoms with E-state index in [0.29, 0.717) is 6.04 Å². The standard InChI is InChI=1S/C16H35N3O/c1-5-10-17-16(2,14-20)9-7-12-19(4)15-8-6-11-18(3)13-15/h15,17,20H,5-14H2,1-4H3. The van der Waals surface area contributed by atoms with Crippen molar-refractivity contribution in [3.05, 3.63) is 0 Å². The normalized spacial score (nSPS) is 24.0. The number of hydrogen-bond donors (Lipinski definition) is 2. The van der Waals surface area contributed by atoms with Gasteiger partial charge in [0.25, 0.3) is 0 Å². The first-order valence-electron chi connectivity index (χ1n) is 8.25. The SMILES string of the molecule is CCCNC(C)(CO)CCCN(C)C1CCCN(C)C1. The van der Waals surface area contributed by atoms with Gasteiger partial charge in [0.05, 0.1) is 6.61 Å². The van der Waals surface area contributed by atoms with Crippen molar-refractivity contribution >= 4 is 0 Å². The highest BCUT2D eigenvalue weighted by atomic mass is 16.3. The van der Waals surface area contributed by atoms with Crippen LogP contribution in [0.25, 0.3) is 0 Å². The first-order chi connectivity index (χ1) is 9.50. The Hall–Kier alpha value is -0.160. The highest BCUT2D eigenvalue weighted by molar-refractivity contribution is 4.83. The molecule has 1 aliphatic heterocycles. The molecule has 0 aromatic rings. The van der Waals surface area contributed by atoms with Gasteiger partial charge in [0.15, 0.2) is 0 Å². The van der Waals surface area contributed by atoms with Crippen LogP contribution in [0.4, 0.5) is 0 Å². The second kappa shape index (κ2) is 8.98. The second-order valence-electron chi connectivity index (χ2n) is 6.79. The van der Waals surface area contributed by atoms with E-state index in [-0.39, 0.29) is 12.1 Å². The summed E-state index contributed by atoms with van der Waals surface area (Å²) in [6.07, 6.45) is 5.94. The molecule has 0 aliphatic carbocycles. The van der Waals surface area contributed by atoms with E-state index in [2.05, 4.69) is 43.1 Å². The second-order valence-corrected chi connectivity index (χ2v) is 6.79. The summed E-state index contributed by atoms with van der Waals surface area (Å²) in [4.78, 5) is 4.94. The van der Waals surface area contributed by atoms with Gasteiger partial charge < -0.3 is 20.2 Å². The van der Waals surface area contributed by atoms with Gasteiger partial charge >= 0.3 is 0 Å². The van der Waals surface area contributed by atoms with Crippen LogP contribution in [0.2, 0.25) is 0 Å². The van der Waals surface area contributed by atoms with Crippen molar-refractivity contribution in [3.8, 4) is 0 Å². The van der Waals surface area contributed by atoms with Crippen LogP contribution in [0, 0.1) is 0 Å². The van der Waals surface area contributed by atoms with Crippen LogP contribution in [-0.2, 0) is 0 Å². The third-order valence-electron chi connectivity index (χ3n) is 4.61. The summed E-state index contributed by atoms with van der Waals surface area (Å²) >= 11 is 0. The Morgan fingerprint density at radius 3 is 2.80 bits per heavy atom. The van der Waals surface area contributed by atoms with Gasteiger partial charge in [-0.25, -0.2) is 0 Å². The number of hydrogen-bond acceptors (Lipinski definition) is 4. The molecule has 1 heterocycles. The third-order valence-corrected chi connectivity index (χ3v) is 4.61. The summed E-state index contributed by atoms with van der Waals surface area (Å²) in [7, 11) is 4.47. The van der Waals surface area contributed by atoms with E-state index in [1.807, 2.05) is 0 Å². The maximum absolute atomic E-state index is 9.58. The zero-order valence-electron chi connectivity index (χ0n) is 14.0. The maximum Gasteiger partial charge on any atom is 0.0610 e. The zero-order valence-corrected chi connectivity index (χ0v) is 14.0. The highest BCUT2D eigenvalue weighted by Crippen LogP contribution is 2.16. The van der Waals surface area contributed by atoms with Crippen molar-refractivity contribution in [1.82, 2.24) is 15.1 Å². The molecule has 120 valence electrons. The highest BCUT2D eigenvalue weighted by Gasteiger charge is 2.24. The molecule has 0 aromatic carbocycles. The predicted molar refractivity (Wildman–Crippen MR) is 86.2 cm³/mol. The van der Waals surface area contributed by atoms with E-state index in [1.54, 1.807) is 0 Å². The molecule has 2 atom stereocenters. The molecular weight excluding hydrogens is 250 g/mol. The Morgan fingerprint density at radius 1 is 1.45 bits per heavy atom. The molecule has 1 aliphatic rings. The van der Waals surface area contributed by atoms with Crippen molar-refractivity contribution in [1.29, 1.82) is 0 Å². The summed E-state index contributed by atoms with van der Waals surface area (Å²) < 4.78 is 0. The smallest absolute Gasteiger partial charge is 0.0610 e. The fourth-order valence-corrected chi connectivity index (χ4v) is 3.05. The Balaban J connectivity index is 2.27. The number of nitrogens with one attached hydrogen (secondary N) is 1. The average Bonchev–Trinajstić information content (AvgIpc) is 2.45. The summed E-state index contributed by atoms with van der Waals surface area (Å²) in [6, 6.07) is 0.706. The van der Waals surface area contributed by atoms with Crippen molar-refractivity contribution in [2.24, 2.45) is 0 Å². The number of nitrogens with zero attached hydrogens (tertiary/aromatic N) is 2. The molecule has 0 bridgehead atoms. The van der Waals surface area contributed by atoms with E-state index in [4.69, 9.17) is 0 Å². The van der Waals surface area contributed by atoms with Crippen molar-refractivity contribution in [2.45, 2.75) is 57.5 Å². The molecule has 0 amide bonds. The Morgan fingerprint density at radius 2 is 2.20 bits per heavy atom. The largest absolute Gasteiger partial charge is 0.394 e. The van der Waals surface area contributed by atoms with Gasteiger partial charge in [-0.3, -0.25) is 0 Å². The third kappa shape index (κ3) is 6.08. The van der Waals surface area contributed by atoms with Crippen molar-refractivity contribution in [2.75, 3.05) is 46.9 Å². The maximum atomic E-state index is 9.58. The molecule has 1 rings (SSSR count). The van der Waals surface area contributed by atoms with E-state index in [9.17, 15) is 5.11 Å². The fraction of sp³-hybridized carbons (Fsp3) is 1.00. The number of piperidine rings is 1. The van der Waals surface area contributed by atoms with Crippen LogP contribution in [0.5, 0.6) is 0 Å². The molecule has 4 nitrogen and oxygen atoms in total. The van der Waals surface area contributed by atoms with Crippen molar-refractivity contribution < 1.29 is 5.11 Å². The zero-order chi connectivity index (χ0) is 15.0. The molecule has 4 heteroatoms. The van der Waals surface area contributed by atoms with Gasteiger partial charge in [-0.1, -0.05) is 6.92 Å². The molecule has 2 unspecified atom stereocenters. The van der Waals surface area contributed by atoms with Gasteiger partial charge in [-0.15, -0.1) is 0 Å². The molecule has 0 aromatic heterocycles. The summed E-state index contributed by atoms with van der Waals surface area (Å²) in [5.74, 6) is 0. The van der Waals surface area contributed by atoms with Gasteiger partial charge in [0.1, 0.15) is 0 Å². The molecule has 1 saturated heterocycles. The average molecular weight is 285 g/mol. The molecule has 0 saturated carbocycles. The molecule has 20 heavy (non-hydrogen) atoms. The van der Waals surface area contributed by atoms with E-state index < -0.39 is 0 Å². The van der Waals surface area contributed by atoms with Crippen LogP contribution in [0.15, 0.2) is 0 Å². The minimum absolute atomic E-state index is 0.111. The van der Waals surface area contributed by atoms with E-state index in [0.717, 1.165) is 32.4 Å². The minimum atomic E-state index is -0.111. The number of rotatable bonds is 9. The molecule has 0 radical (unpaired) electrons. The summed E-state index contributed by atoms with van der Waals surface area (Å²) in [5, 5.41) is 13.1. The van der Waals surface area contributed by atoms with Gasteiger partial charge in [0, 0.05) is 18.1 Å².